The van der Waals surface area contributed by atoms with Crippen LogP contribution >= 0.6 is 0 Å². The molecule has 4 aliphatic carbocycles. The van der Waals surface area contributed by atoms with Crippen LogP contribution in [0.25, 0.3) is 0 Å². The summed E-state index contributed by atoms with van der Waals surface area (Å²) in [6, 6.07) is -1.18. The first-order valence-corrected chi connectivity index (χ1v) is 33.3. The minimum absolute atomic E-state index is 0.0852. The van der Waals surface area contributed by atoms with Gasteiger partial charge in [0, 0.05) is 52.1 Å². The summed E-state index contributed by atoms with van der Waals surface area (Å²) in [5.74, 6) is 2.20. The van der Waals surface area contributed by atoms with Crippen molar-refractivity contribution in [3.8, 4) is 0 Å². The van der Waals surface area contributed by atoms with Crippen LogP contribution in [0, 0.1) is 46.3 Å². The van der Waals surface area contributed by atoms with Gasteiger partial charge in [-0.1, -0.05) is 65.5 Å². The summed E-state index contributed by atoms with van der Waals surface area (Å²) in [7, 11) is 0. The SMILES string of the molecule is CC(C)CCC[C@@H](C)[C@H]1CC[C@H]2[C@@H]3CC=C4C[C@@H](OC(=O)NCCCN(CCCCN(CCCNC(=O)CC[C@@H](C(=O)OC(C)(C)C)N(CC(=O)OC(C)(C)C)CC(=O)OC(C)(C)C)C(=O)OC(C)(C)C)C(=O)OC(C)(C)C)CC[C@]4(C)[C@H]3CC[C@]12C. The zero-order valence-electron chi connectivity index (χ0n) is 58.0. The van der Waals surface area contributed by atoms with E-state index in [1.54, 1.807) is 92.9 Å². The zero-order valence-corrected chi connectivity index (χ0v) is 58.0. The van der Waals surface area contributed by atoms with Crippen LogP contribution in [0.1, 0.15) is 248 Å². The fourth-order valence-electron chi connectivity index (χ4n) is 14.3. The third-order valence-corrected chi connectivity index (χ3v) is 18.0. The van der Waals surface area contributed by atoms with Gasteiger partial charge in [0.1, 0.15) is 40.2 Å². The molecule has 4 aliphatic rings. The first-order valence-electron chi connectivity index (χ1n) is 33.3. The molecule has 18 nitrogen and oxygen atoms in total. The van der Waals surface area contributed by atoms with Crippen LogP contribution in [0.5, 0.6) is 0 Å². The number of nitrogens with zero attached hydrogens (tertiary/aromatic N) is 3. The molecule has 0 aromatic heterocycles. The number of unbranched alkanes of at least 4 members (excludes halogenated alkanes) is 1. The van der Waals surface area contributed by atoms with E-state index in [1.807, 2.05) is 20.8 Å². The van der Waals surface area contributed by atoms with Gasteiger partial charge in [-0.15, -0.1) is 0 Å². The standard InChI is InChI=1S/C69H121N5O13/c1-47(2)26-23-27-48(3)52-30-31-53-51-29-28-49-44-50(34-36-68(49,19)54(51)35-37-69(52,53)20)82-60(79)71-39-25-43-73(62(81)87-67(16,17)18)41-22-21-40-72(61(80)86-66(13,14)15)42-24-38-70-56(75)33-32-55(59(78)85-65(10,11)12)74(45-57(76)83-63(4,5)6)46-58(77)84-64(7,8)9/h28,47-48,50-55H,21-27,29-46H2,1-20H3,(H,70,75)(H,71,79)/t48-,50+,51+,52-,53+,54+,55+,68+,69-/m1/s1. The Balaban J connectivity index is 1.29. The summed E-state index contributed by atoms with van der Waals surface area (Å²) < 4.78 is 34.5. The van der Waals surface area contributed by atoms with Crippen molar-refractivity contribution in [2.24, 2.45) is 46.3 Å². The number of esters is 3. The minimum atomic E-state index is -1.18. The number of ether oxygens (including phenoxy) is 6. The summed E-state index contributed by atoms with van der Waals surface area (Å²) in [6.45, 7) is 39.5. The Morgan fingerprint density at radius 2 is 1.08 bits per heavy atom. The van der Waals surface area contributed by atoms with Crippen molar-refractivity contribution >= 4 is 42.1 Å². The van der Waals surface area contributed by atoms with Crippen molar-refractivity contribution in [3.63, 3.8) is 0 Å². The summed E-state index contributed by atoms with van der Waals surface area (Å²) in [6.07, 6.45) is 15.9. The molecule has 87 heavy (non-hydrogen) atoms. The summed E-state index contributed by atoms with van der Waals surface area (Å²) >= 11 is 0. The molecule has 0 radical (unpaired) electrons. The molecule has 0 spiro atoms. The lowest BCUT2D eigenvalue weighted by Gasteiger charge is -2.58. The highest BCUT2D eigenvalue weighted by molar-refractivity contribution is 5.82. The van der Waals surface area contributed by atoms with E-state index in [0.717, 1.165) is 55.3 Å². The molecule has 9 atom stereocenters. The van der Waals surface area contributed by atoms with E-state index in [2.05, 4.69) is 51.3 Å². The average Bonchev–Trinajstić information content (AvgIpc) is 1.71. The van der Waals surface area contributed by atoms with Crippen molar-refractivity contribution in [2.75, 3.05) is 52.4 Å². The van der Waals surface area contributed by atoms with Crippen molar-refractivity contribution in [1.82, 2.24) is 25.3 Å². The van der Waals surface area contributed by atoms with E-state index < -0.39 is 83.3 Å². The molecule has 3 saturated carbocycles. The molecule has 0 aliphatic heterocycles. The second-order valence-corrected chi connectivity index (χ2v) is 31.9. The number of nitrogens with one attached hydrogen (secondary N) is 2. The highest BCUT2D eigenvalue weighted by atomic mass is 16.6. The van der Waals surface area contributed by atoms with Crippen LogP contribution in [0.15, 0.2) is 11.6 Å². The Hall–Kier alpha value is -4.61. The number of carbonyl (C=O) groups is 7. The van der Waals surface area contributed by atoms with Gasteiger partial charge >= 0.3 is 36.2 Å². The molecular weight excluding hydrogens is 1110 g/mol. The summed E-state index contributed by atoms with van der Waals surface area (Å²) in [5, 5.41) is 5.85. The molecule has 500 valence electrons. The average molecular weight is 1230 g/mol. The van der Waals surface area contributed by atoms with Crippen molar-refractivity contribution in [2.45, 2.75) is 288 Å². The molecule has 0 aromatic carbocycles. The zero-order chi connectivity index (χ0) is 65.5. The van der Waals surface area contributed by atoms with Gasteiger partial charge in [0.2, 0.25) is 5.91 Å². The van der Waals surface area contributed by atoms with Crippen LogP contribution in [-0.4, -0.2) is 149 Å². The maximum Gasteiger partial charge on any atom is 0.410 e. The summed E-state index contributed by atoms with van der Waals surface area (Å²) in [4.78, 5) is 98.4. The lowest BCUT2D eigenvalue weighted by molar-refractivity contribution is -0.168. The molecular formula is C69H121N5O13. The van der Waals surface area contributed by atoms with Gasteiger partial charge in [-0.05, 0) is 227 Å². The topological polar surface area (TPSA) is 209 Å². The van der Waals surface area contributed by atoms with E-state index in [1.165, 1.54) is 55.4 Å². The second-order valence-electron chi connectivity index (χ2n) is 31.9. The van der Waals surface area contributed by atoms with E-state index in [9.17, 15) is 33.6 Å². The van der Waals surface area contributed by atoms with Gasteiger partial charge < -0.3 is 48.9 Å². The van der Waals surface area contributed by atoms with Crippen LogP contribution in [-0.2, 0) is 47.6 Å². The van der Waals surface area contributed by atoms with Crippen LogP contribution < -0.4 is 10.6 Å². The largest absolute Gasteiger partial charge is 0.459 e. The first-order chi connectivity index (χ1) is 40.1. The third-order valence-electron chi connectivity index (χ3n) is 18.0. The predicted molar refractivity (Wildman–Crippen MR) is 341 cm³/mol. The fraction of sp³-hybridized carbons (Fsp3) is 0.870. The van der Waals surface area contributed by atoms with E-state index in [0.29, 0.717) is 63.2 Å². The number of rotatable bonds is 28. The third kappa shape index (κ3) is 25.3. The van der Waals surface area contributed by atoms with Crippen LogP contribution in [0.3, 0.4) is 0 Å². The Morgan fingerprint density at radius 3 is 1.59 bits per heavy atom. The number of amides is 4. The number of carbonyl (C=O) groups excluding carboxylic acids is 7. The van der Waals surface area contributed by atoms with Crippen LogP contribution in [0.4, 0.5) is 14.4 Å². The van der Waals surface area contributed by atoms with Crippen molar-refractivity contribution in [1.29, 1.82) is 0 Å². The molecule has 0 aromatic rings. The Morgan fingerprint density at radius 1 is 0.575 bits per heavy atom. The smallest absolute Gasteiger partial charge is 0.410 e. The van der Waals surface area contributed by atoms with Crippen molar-refractivity contribution in [3.05, 3.63) is 11.6 Å². The predicted octanol–water partition coefficient (Wildman–Crippen LogP) is 13.7. The number of hydrogen-bond acceptors (Lipinski definition) is 14. The number of hydrogen-bond donors (Lipinski definition) is 2. The van der Waals surface area contributed by atoms with Gasteiger partial charge in [0.05, 0.1) is 13.1 Å². The molecule has 0 heterocycles. The summed E-state index contributed by atoms with van der Waals surface area (Å²) in [5.41, 5.74) is -1.98. The fourth-order valence-corrected chi connectivity index (χ4v) is 14.3. The Labute approximate surface area is 525 Å². The monoisotopic (exact) mass is 1230 g/mol. The van der Waals surface area contributed by atoms with Crippen molar-refractivity contribution < 1.29 is 62.0 Å². The highest BCUT2D eigenvalue weighted by Crippen LogP contribution is 2.67. The minimum Gasteiger partial charge on any atom is -0.459 e. The van der Waals surface area contributed by atoms with E-state index >= 15 is 0 Å². The van der Waals surface area contributed by atoms with E-state index in [4.69, 9.17) is 28.4 Å². The van der Waals surface area contributed by atoms with E-state index in [-0.39, 0.29) is 43.4 Å². The molecule has 2 N–H and O–H groups in total. The quantitative estimate of drug-likeness (QED) is 0.0323. The molecule has 0 saturated heterocycles. The van der Waals surface area contributed by atoms with Gasteiger partial charge in [-0.2, -0.15) is 0 Å². The van der Waals surface area contributed by atoms with Gasteiger partial charge in [-0.3, -0.25) is 24.1 Å². The van der Waals surface area contributed by atoms with Gasteiger partial charge in [0.15, 0.2) is 0 Å². The number of allylic oxidation sites excluding steroid dienone is 1. The lowest BCUT2D eigenvalue weighted by Crippen LogP contribution is -2.51. The highest BCUT2D eigenvalue weighted by Gasteiger charge is 2.59. The maximum atomic E-state index is 13.7. The van der Waals surface area contributed by atoms with Gasteiger partial charge in [-0.25, -0.2) is 14.4 Å². The first kappa shape index (κ1) is 74.9. The Bertz CT molecular complexity index is 2270. The molecule has 18 heteroatoms. The molecule has 0 bridgehead atoms. The normalized spacial score (nSPS) is 23.8. The number of fused-ring (bicyclic) bond motifs is 5. The lowest BCUT2D eigenvalue weighted by atomic mass is 9.47. The number of alkyl carbamates (subject to hydrolysis) is 1. The second kappa shape index (κ2) is 31.9. The molecule has 4 amide bonds. The maximum absolute atomic E-state index is 13.7. The Kier molecular flexibility index (Phi) is 27.5. The van der Waals surface area contributed by atoms with Gasteiger partial charge in [0.25, 0.3) is 0 Å². The molecule has 4 rings (SSSR count). The molecule has 3 fully saturated rings. The molecule has 0 unspecified atom stereocenters. The van der Waals surface area contributed by atoms with Crippen LogP contribution in [0.2, 0.25) is 0 Å².